The third-order valence-electron chi connectivity index (χ3n) is 5.48. The Morgan fingerprint density at radius 1 is 0.576 bits per heavy atom. The Balaban J connectivity index is 0. The molecule has 1 rings (SSSR count). The molecule has 0 saturated heterocycles. The molecule has 0 aliphatic heterocycles. The van der Waals surface area contributed by atoms with Gasteiger partial charge in [-0.15, -0.1) is 0 Å². The maximum absolute atomic E-state index is 7.56. The Morgan fingerprint density at radius 2 is 0.879 bits per heavy atom. The Morgan fingerprint density at radius 3 is 1.21 bits per heavy atom. The van der Waals surface area contributed by atoms with Gasteiger partial charge < -0.3 is 29.4 Å². The van der Waals surface area contributed by atoms with Gasteiger partial charge >= 0.3 is 165 Å². The van der Waals surface area contributed by atoms with E-state index in [9.17, 15) is 0 Å². The minimum absolute atomic E-state index is 1.36. The van der Waals surface area contributed by atoms with E-state index in [0.29, 0.717) is 0 Å². The van der Waals surface area contributed by atoms with E-state index in [-0.39, 0.29) is 0 Å². The summed E-state index contributed by atoms with van der Waals surface area (Å²) in [6.07, 6.45) is 17.4. The van der Waals surface area contributed by atoms with Crippen molar-refractivity contribution in [1.29, 1.82) is 0 Å². The molecule has 0 spiro atoms. The molecule has 0 atom stereocenters. The second kappa shape index (κ2) is 23.3. The van der Waals surface area contributed by atoms with Crippen LogP contribution in [0.5, 0.6) is 0 Å². The SMILES string of the molecule is CCCCCCC[CH2][Zn]([CH2]CCCCCCC)[c]1ccccc1.OP(O)(O)=S.OP(O)(O)=S. The molecular weight excluding hydrogens is 552 g/mol. The summed E-state index contributed by atoms with van der Waals surface area (Å²) >= 11 is 5.74. The Bertz CT molecular complexity index is 591. The molecule has 0 saturated carbocycles. The molecule has 0 bridgehead atoms. The van der Waals surface area contributed by atoms with Crippen molar-refractivity contribution in [3.05, 3.63) is 30.3 Å². The quantitative estimate of drug-likeness (QED) is 0.0846. The van der Waals surface area contributed by atoms with Gasteiger partial charge in [0, 0.05) is 0 Å². The van der Waals surface area contributed by atoms with Crippen molar-refractivity contribution in [2.24, 2.45) is 0 Å². The maximum Gasteiger partial charge on any atom is 0.319 e. The molecule has 33 heavy (non-hydrogen) atoms. The van der Waals surface area contributed by atoms with E-state index in [0.717, 1.165) is 0 Å². The molecule has 0 unspecified atom stereocenters. The average molecular weight is 597 g/mol. The molecule has 1 aromatic rings. The first-order valence-corrected chi connectivity index (χ1v) is 23.2. The Kier molecular flexibility index (Phi) is 25.5. The fraction of sp³-hybridized carbons (Fsp3) is 0.727. The fourth-order valence-electron chi connectivity index (χ4n) is 3.91. The van der Waals surface area contributed by atoms with Gasteiger partial charge in [0.1, 0.15) is 0 Å². The van der Waals surface area contributed by atoms with Crippen molar-refractivity contribution >= 4 is 41.2 Å². The van der Waals surface area contributed by atoms with Gasteiger partial charge in [0.2, 0.25) is 0 Å². The summed E-state index contributed by atoms with van der Waals surface area (Å²) in [5.41, 5.74) is 0. The first kappa shape index (κ1) is 36.1. The first-order chi connectivity index (χ1) is 15.4. The molecule has 0 radical (unpaired) electrons. The van der Waals surface area contributed by atoms with E-state index in [1.807, 2.05) is 0 Å². The molecule has 0 fully saturated rings. The molecule has 193 valence electrons. The molecule has 6 nitrogen and oxygen atoms in total. The van der Waals surface area contributed by atoms with E-state index in [2.05, 4.69) is 67.8 Å². The maximum atomic E-state index is 7.56. The summed E-state index contributed by atoms with van der Waals surface area (Å²) in [7, 11) is 0. The summed E-state index contributed by atoms with van der Waals surface area (Å²) in [4.78, 5) is 45.3. The van der Waals surface area contributed by atoms with Crippen molar-refractivity contribution in [2.75, 3.05) is 0 Å². The molecule has 0 amide bonds. The van der Waals surface area contributed by atoms with Gasteiger partial charge in [0.05, 0.1) is 0 Å². The average Bonchev–Trinajstić information content (AvgIpc) is 2.69. The van der Waals surface area contributed by atoms with Crippen LogP contribution in [0.4, 0.5) is 0 Å². The van der Waals surface area contributed by atoms with Crippen LogP contribution in [0.25, 0.3) is 0 Å². The largest absolute Gasteiger partial charge is 0.325 e. The molecular formula is C22H45O6P2S2Zn. The minimum Gasteiger partial charge on any atom is -0.325 e. The number of rotatable bonds is 15. The predicted molar refractivity (Wildman–Crippen MR) is 144 cm³/mol. The molecule has 0 aliphatic carbocycles. The smallest absolute Gasteiger partial charge is 0.319 e. The second-order valence-corrected chi connectivity index (χ2v) is 21.9. The fourth-order valence-corrected chi connectivity index (χ4v) is 12.4. The van der Waals surface area contributed by atoms with Crippen LogP contribution in [0.1, 0.15) is 90.9 Å². The molecule has 0 aliphatic rings. The number of unbranched alkanes of at least 4 members (excludes halogenated alkanes) is 10. The molecule has 1 aromatic carbocycles. The zero-order valence-electron chi connectivity index (χ0n) is 20.4. The minimum atomic E-state index is -3.81. The van der Waals surface area contributed by atoms with E-state index in [4.69, 9.17) is 29.4 Å². The van der Waals surface area contributed by atoms with Crippen LogP contribution in [0.15, 0.2) is 30.3 Å². The molecule has 0 heterocycles. The van der Waals surface area contributed by atoms with Gasteiger partial charge in [-0.25, -0.2) is 0 Å². The molecule has 6 N–H and O–H groups in total. The number of hydrogen-bond acceptors (Lipinski definition) is 2. The summed E-state index contributed by atoms with van der Waals surface area (Å²) < 4.78 is 1.79. The third-order valence-corrected chi connectivity index (χ3v) is 14.6. The van der Waals surface area contributed by atoms with Crippen molar-refractivity contribution in [1.82, 2.24) is 0 Å². The molecule has 0 aromatic heterocycles. The zero-order valence-corrected chi connectivity index (χ0v) is 26.8. The normalized spacial score (nSPS) is 11.2. The van der Waals surface area contributed by atoms with Crippen molar-refractivity contribution in [3.63, 3.8) is 0 Å². The summed E-state index contributed by atoms with van der Waals surface area (Å²) in [6, 6.07) is 11.6. The van der Waals surface area contributed by atoms with Crippen LogP contribution in [-0.4, -0.2) is 29.4 Å². The van der Waals surface area contributed by atoms with Gasteiger partial charge in [-0.3, -0.25) is 0 Å². The first-order valence-electron chi connectivity index (χ1n) is 12.2. The standard InChI is InChI=1S/2C8H17.C6H5.2H3O3PS.Zn/c2*1-3-5-7-8-6-4-2;1-2-4-6-5-3-1;2*1-4(2,3)5;/h2*1,3-8H2,2H3;1-5H;2*(H3,1,2,3,5);. The molecule has 11 heteroatoms. The Hall–Kier alpha value is 0.903. The predicted octanol–water partition coefficient (Wildman–Crippen LogP) is 5.86. The van der Waals surface area contributed by atoms with Gasteiger partial charge in [0.15, 0.2) is 0 Å². The van der Waals surface area contributed by atoms with E-state index >= 15 is 0 Å². The number of benzene rings is 1. The van der Waals surface area contributed by atoms with E-state index < -0.39 is 29.4 Å². The zero-order chi connectivity index (χ0) is 25.6. The summed E-state index contributed by atoms with van der Waals surface area (Å²) in [6.45, 7) is -3.00. The third kappa shape index (κ3) is 37.6. The van der Waals surface area contributed by atoms with Crippen LogP contribution in [0, 0.1) is 0 Å². The Labute approximate surface area is 216 Å². The van der Waals surface area contributed by atoms with Crippen LogP contribution in [0.3, 0.4) is 0 Å². The van der Waals surface area contributed by atoms with Crippen LogP contribution in [-0.2, 0) is 39.6 Å². The van der Waals surface area contributed by atoms with Gasteiger partial charge in [-0.05, 0) is 23.6 Å². The van der Waals surface area contributed by atoms with Gasteiger partial charge in [-0.1, -0.05) is 0 Å². The summed E-state index contributed by atoms with van der Waals surface area (Å²) in [5.74, 6) is 0. The second-order valence-electron chi connectivity index (χ2n) is 8.61. The van der Waals surface area contributed by atoms with E-state index in [1.165, 1.54) is 77.0 Å². The van der Waals surface area contributed by atoms with Gasteiger partial charge in [-0.2, -0.15) is 0 Å². The van der Waals surface area contributed by atoms with Crippen molar-refractivity contribution in [3.8, 4) is 0 Å². The van der Waals surface area contributed by atoms with Crippen LogP contribution in [0.2, 0.25) is 10.0 Å². The van der Waals surface area contributed by atoms with Crippen molar-refractivity contribution < 1.29 is 45.3 Å². The van der Waals surface area contributed by atoms with E-state index in [1.54, 1.807) is 14.2 Å². The monoisotopic (exact) mass is 595 g/mol. The van der Waals surface area contributed by atoms with Gasteiger partial charge in [0.25, 0.3) is 0 Å². The number of hydrogen-bond donors (Lipinski definition) is 6. The van der Waals surface area contributed by atoms with Crippen LogP contribution >= 0.6 is 13.4 Å². The van der Waals surface area contributed by atoms with Crippen LogP contribution < -0.4 is 4.16 Å². The summed E-state index contributed by atoms with van der Waals surface area (Å²) in [5, 5.41) is 3.20. The van der Waals surface area contributed by atoms with Crippen molar-refractivity contribution in [2.45, 2.75) is 101 Å². The topological polar surface area (TPSA) is 121 Å².